The molecule has 0 amide bonds. The summed E-state index contributed by atoms with van der Waals surface area (Å²) >= 11 is 5.83. The van der Waals surface area contributed by atoms with Gasteiger partial charge < -0.3 is 5.11 Å². The average molecular weight is 331 g/mol. The Morgan fingerprint density at radius 3 is 2.62 bits per heavy atom. The highest BCUT2D eigenvalue weighted by atomic mass is 35.5. The van der Waals surface area contributed by atoms with Gasteiger partial charge in [-0.05, 0) is 38.2 Å². The number of likely N-dealkylation sites (N-methyl/N-ethyl adjacent to an activating group) is 1. The predicted octanol–water partition coefficient (Wildman–Crippen LogP) is 2.25. The molecule has 1 atom stereocenters. The minimum atomic E-state index is -0.863. The Balaban J connectivity index is 0.00000220. The van der Waals surface area contributed by atoms with Gasteiger partial charge in [-0.1, -0.05) is 16.8 Å². The molecule has 0 fully saturated rings. The zero-order valence-corrected chi connectivity index (χ0v) is 13.2. The van der Waals surface area contributed by atoms with Crippen molar-refractivity contribution < 1.29 is 9.90 Å². The minimum Gasteiger partial charge on any atom is -0.480 e. The van der Waals surface area contributed by atoms with Gasteiger partial charge >= 0.3 is 5.97 Å². The highest BCUT2D eigenvalue weighted by Gasteiger charge is 2.17. The van der Waals surface area contributed by atoms with E-state index in [2.05, 4.69) is 10.3 Å². The Morgan fingerprint density at radius 2 is 2.05 bits per heavy atom. The highest BCUT2D eigenvalue weighted by molar-refractivity contribution is 6.30. The summed E-state index contributed by atoms with van der Waals surface area (Å²) in [6.45, 7) is 2.05. The van der Waals surface area contributed by atoms with E-state index in [9.17, 15) is 4.79 Å². The van der Waals surface area contributed by atoms with Crippen molar-refractivity contribution in [3.05, 3.63) is 41.2 Å². The quantitative estimate of drug-likeness (QED) is 0.910. The number of benzene rings is 1. The summed E-state index contributed by atoms with van der Waals surface area (Å²) in [5.74, 6) is -0.863. The van der Waals surface area contributed by atoms with Gasteiger partial charge in [-0.25, -0.2) is 4.68 Å². The molecule has 0 aliphatic rings. The maximum atomic E-state index is 10.9. The smallest absolute Gasteiger partial charge is 0.320 e. The fraction of sp³-hybridized carbons (Fsp3) is 0.308. The van der Waals surface area contributed by atoms with Gasteiger partial charge in [0.2, 0.25) is 0 Å². The van der Waals surface area contributed by atoms with E-state index in [0.717, 1.165) is 5.69 Å². The van der Waals surface area contributed by atoms with Crippen molar-refractivity contribution in [3.8, 4) is 5.69 Å². The first kappa shape index (κ1) is 17.4. The molecule has 0 aliphatic heterocycles. The lowest BCUT2D eigenvalue weighted by atomic mass is 10.3. The molecule has 114 valence electrons. The molecule has 21 heavy (non-hydrogen) atoms. The summed E-state index contributed by atoms with van der Waals surface area (Å²) in [4.78, 5) is 12.6. The third-order valence-corrected chi connectivity index (χ3v) is 3.31. The molecule has 6 nitrogen and oxygen atoms in total. The average Bonchev–Trinajstić information content (AvgIpc) is 2.87. The first-order chi connectivity index (χ1) is 9.47. The highest BCUT2D eigenvalue weighted by Crippen LogP contribution is 2.13. The maximum absolute atomic E-state index is 10.9. The van der Waals surface area contributed by atoms with E-state index in [1.165, 1.54) is 0 Å². The third kappa shape index (κ3) is 4.42. The SMILES string of the molecule is CC(C(=O)O)N(C)Cc1cn(-c2ccc(Cl)cc2)nn1.Cl. The molecule has 2 aromatic rings. The van der Waals surface area contributed by atoms with Crippen molar-refractivity contribution in [2.75, 3.05) is 7.05 Å². The second-order valence-corrected chi connectivity index (χ2v) is 5.00. The van der Waals surface area contributed by atoms with Gasteiger partial charge in [-0.3, -0.25) is 9.69 Å². The lowest BCUT2D eigenvalue weighted by Gasteiger charge is -2.19. The molecule has 1 unspecified atom stereocenters. The standard InChI is InChI=1S/C13H15ClN4O2.ClH/c1-9(13(19)20)17(2)7-11-8-18(16-15-11)12-5-3-10(14)4-6-12;/h3-6,8-9H,7H2,1-2H3,(H,19,20);1H. The number of aliphatic carboxylic acids is 1. The van der Waals surface area contributed by atoms with Crippen LogP contribution in [-0.2, 0) is 11.3 Å². The van der Waals surface area contributed by atoms with Crippen LogP contribution in [0, 0.1) is 0 Å². The van der Waals surface area contributed by atoms with E-state index < -0.39 is 12.0 Å². The molecule has 0 radical (unpaired) electrons. The summed E-state index contributed by atoms with van der Waals surface area (Å²) in [7, 11) is 1.74. The van der Waals surface area contributed by atoms with Crippen LogP contribution in [0.5, 0.6) is 0 Å². The van der Waals surface area contributed by atoms with Crippen LogP contribution in [0.15, 0.2) is 30.5 Å². The summed E-state index contributed by atoms with van der Waals surface area (Å²) in [6.07, 6.45) is 1.77. The Morgan fingerprint density at radius 1 is 1.43 bits per heavy atom. The van der Waals surface area contributed by atoms with Crippen molar-refractivity contribution in [2.45, 2.75) is 19.5 Å². The number of nitrogens with zero attached hydrogens (tertiary/aromatic N) is 4. The number of halogens is 2. The molecule has 0 saturated heterocycles. The van der Waals surface area contributed by atoms with Crippen molar-refractivity contribution in [1.29, 1.82) is 0 Å². The van der Waals surface area contributed by atoms with Crippen molar-refractivity contribution >= 4 is 30.0 Å². The van der Waals surface area contributed by atoms with E-state index >= 15 is 0 Å². The molecular formula is C13H16Cl2N4O2. The molecule has 1 heterocycles. The first-order valence-electron chi connectivity index (χ1n) is 6.07. The molecular weight excluding hydrogens is 315 g/mol. The van der Waals surface area contributed by atoms with Gasteiger partial charge in [0.1, 0.15) is 6.04 Å². The second kappa shape index (κ2) is 7.40. The van der Waals surface area contributed by atoms with Gasteiger partial charge in [0, 0.05) is 11.6 Å². The number of carbonyl (C=O) groups is 1. The molecule has 0 spiro atoms. The molecule has 0 saturated carbocycles. The molecule has 1 aromatic carbocycles. The van der Waals surface area contributed by atoms with Crippen LogP contribution in [0.2, 0.25) is 5.02 Å². The van der Waals surface area contributed by atoms with Crippen LogP contribution in [0.4, 0.5) is 0 Å². The van der Waals surface area contributed by atoms with Gasteiger partial charge in [0.15, 0.2) is 0 Å². The Bertz CT molecular complexity index is 600. The van der Waals surface area contributed by atoms with Crippen LogP contribution in [0.3, 0.4) is 0 Å². The van der Waals surface area contributed by atoms with E-state index in [1.807, 2.05) is 12.1 Å². The topological polar surface area (TPSA) is 71.2 Å². The van der Waals surface area contributed by atoms with Crippen LogP contribution >= 0.6 is 24.0 Å². The zero-order chi connectivity index (χ0) is 14.7. The van der Waals surface area contributed by atoms with E-state index in [1.54, 1.807) is 41.9 Å². The van der Waals surface area contributed by atoms with Crippen molar-refractivity contribution in [2.24, 2.45) is 0 Å². The van der Waals surface area contributed by atoms with Crippen LogP contribution in [0.25, 0.3) is 5.69 Å². The van der Waals surface area contributed by atoms with Crippen molar-refractivity contribution in [1.82, 2.24) is 19.9 Å². The van der Waals surface area contributed by atoms with Crippen molar-refractivity contribution in [3.63, 3.8) is 0 Å². The lowest BCUT2D eigenvalue weighted by molar-refractivity contribution is -0.142. The number of hydrogen-bond acceptors (Lipinski definition) is 4. The minimum absolute atomic E-state index is 0. The Hall–Kier alpha value is -1.63. The fourth-order valence-electron chi connectivity index (χ4n) is 1.67. The molecule has 1 aromatic heterocycles. The largest absolute Gasteiger partial charge is 0.480 e. The lowest BCUT2D eigenvalue weighted by Crippen LogP contribution is -2.35. The van der Waals surface area contributed by atoms with Crippen LogP contribution < -0.4 is 0 Å². The monoisotopic (exact) mass is 330 g/mol. The van der Waals surface area contributed by atoms with E-state index in [0.29, 0.717) is 17.3 Å². The number of rotatable bonds is 5. The number of aromatic nitrogens is 3. The van der Waals surface area contributed by atoms with Crippen LogP contribution in [0.1, 0.15) is 12.6 Å². The van der Waals surface area contributed by atoms with Gasteiger partial charge in [0.25, 0.3) is 0 Å². The second-order valence-electron chi connectivity index (χ2n) is 4.56. The Kier molecular flexibility index (Phi) is 6.14. The van der Waals surface area contributed by atoms with Crippen LogP contribution in [-0.4, -0.2) is 44.1 Å². The summed E-state index contributed by atoms with van der Waals surface area (Å²) in [5, 5.41) is 17.7. The normalized spacial score (nSPS) is 12.0. The maximum Gasteiger partial charge on any atom is 0.320 e. The predicted molar refractivity (Wildman–Crippen MR) is 82.2 cm³/mol. The van der Waals surface area contributed by atoms with E-state index in [4.69, 9.17) is 16.7 Å². The molecule has 2 rings (SSSR count). The summed E-state index contributed by atoms with van der Waals surface area (Å²) < 4.78 is 1.63. The first-order valence-corrected chi connectivity index (χ1v) is 6.45. The summed E-state index contributed by atoms with van der Waals surface area (Å²) in [5.41, 5.74) is 1.55. The van der Waals surface area contributed by atoms with Gasteiger partial charge in [0.05, 0.1) is 17.6 Å². The van der Waals surface area contributed by atoms with Gasteiger partial charge in [-0.15, -0.1) is 17.5 Å². The fourth-order valence-corrected chi connectivity index (χ4v) is 1.80. The van der Waals surface area contributed by atoms with E-state index in [-0.39, 0.29) is 12.4 Å². The Labute approximate surface area is 133 Å². The molecule has 8 heteroatoms. The van der Waals surface area contributed by atoms with Gasteiger partial charge in [-0.2, -0.15) is 0 Å². The molecule has 0 aliphatic carbocycles. The number of carboxylic acids is 1. The molecule has 0 bridgehead atoms. The third-order valence-electron chi connectivity index (χ3n) is 3.06. The zero-order valence-electron chi connectivity index (χ0n) is 11.6. The number of hydrogen-bond donors (Lipinski definition) is 1. The number of carboxylic acid groups (broad SMARTS) is 1. The summed E-state index contributed by atoms with van der Waals surface area (Å²) in [6, 6.07) is 6.65. The molecule has 1 N–H and O–H groups in total.